The molecule has 0 aliphatic carbocycles. The number of hydrogen-bond donors (Lipinski definition) is 1. The van der Waals surface area contributed by atoms with E-state index < -0.39 is 5.92 Å². The number of para-hydroxylation sites is 1. The van der Waals surface area contributed by atoms with Gasteiger partial charge in [-0.1, -0.05) is 18.2 Å². The highest BCUT2D eigenvalue weighted by molar-refractivity contribution is 6.06. The van der Waals surface area contributed by atoms with Gasteiger partial charge in [0, 0.05) is 31.5 Å². The van der Waals surface area contributed by atoms with Gasteiger partial charge < -0.3 is 10.2 Å². The summed E-state index contributed by atoms with van der Waals surface area (Å²) in [6.07, 6.45) is 6.38. The van der Waals surface area contributed by atoms with Crippen LogP contribution in [-0.2, 0) is 9.59 Å². The van der Waals surface area contributed by atoms with Crippen LogP contribution in [0.3, 0.4) is 0 Å². The van der Waals surface area contributed by atoms with Crippen molar-refractivity contribution in [2.24, 2.45) is 0 Å². The minimum absolute atomic E-state index is 0.0968. The maximum Gasteiger partial charge on any atom is 0.232 e. The van der Waals surface area contributed by atoms with Crippen molar-refractivity contribution in [1.82, 2.24) is 19.7 Å². The van der Waals surface area contributed by atoms with Crippen molar-refractivity contribution in [2.45, 2.75) is 12.3 Å². The first-order valence-electron chi connectivity index (χ1n) is 8.11. The number of nitrogens with one attached hydrogen (secondary N) is 1. The van der Waals surface area contributed by atoms with Crippen molar-refractivity contribution < 1.29 is 9.59 Å². The molecule has 4 rings (SSSR count). The molecule has 0 fully saturated rings. The topological polar surface area (TPSA) is 93.0 Å². The standard InChI is InChI=1S/C18H16N6O2/c1-23-15-6-3-2-5-12(15)13(9-16(23)25)18(26)22-14-10-19-11-20-17(14)24-8-4-7-21-24/h2-8,10-11,13H,9H2,1H3,(H,22,26). The van der Waals surface area contributed by atoms with E-state index in [1.807, 2.05) is 24.3 Å². The Kier molecular flexibility index (Phi) is 3.92. The lowest BCUT2D eigenvalue weighted by Gasteiger charge is -2.30. The van der Waals surface area contributed by atoms with Gasteiger partial charge in [-0.25, -0.2) is 14.6 Å². The lowest BCUT2D eigenvalue weighted by atomic mass is 9.89. The number of nitrogens with zero attached hydrogens (tertiary/aromatic N) is 5. The fourth-order valence-electron chi connectivity index (χ4n) is 3.09. The van der Waals surface area contributed by atoms with Crippen LogP contribution < -0.4 is 10.2 Å². The number of hydrogen-bond acceptors (Lipinski definition) is 5. The monoisotopic (exact) mass is 348 g/mol. The van der Waals surface area contributed by atoms with Crippen molar-refractivity contribution in [3.63, 3.8) is 0 Å². The van der Waals surface area contributed by atoms with Gasteiger partial charge in [-0.15, -0.1) is 0 Å². The summed E-state index contributed by atoms with van der Waals surface area (Å²) in [5, 5.41) is 6.99. The molecule has 130 valence electrons. The van der Waals surface area contributed by atoms with E-state index in [-0.39, 0.29) is 18.2 Å². The van der Waals surface area contributed by atoms with E-state index >= 15 is 0 Å². The number of rotatable bonds is 3. The first-order chi connectivity index (χ1) is 12.6. The average molecular weight is 348 g/mol. The summed E-state index contributed by atoms with van der Waals surface area (Å²) in [4.78, 5) is 35.0. The van der Waals surface area contributed by atoms with E-state index in [0.29, 0.717) is 11.5 Å². The summed E-state index contributed by atoms with van der Waals surface area (Å²) in [6.45, 7) is 0. The third kappa shape index (κ3) is 2.71. The van der Waals surface area contributed by atoms with Gasteiger partial charge in [0.2, 0.25) is 11.8 Å². The van der Waals surface area contributed by atoms with Crippen LogP contribution in [0.4, 0.5) is 11.4 Å². The van der Waals surface area contributed by atoms with Gasteiger partial charge >= 0.3 is 0 Å². The highest BCUT2D eigenvalue weighted by Gasteiger charge is 2.33. The summed E-state index contributed by atoms with van der Waals surface area (Å²) in [7, 11) is 1.72. The van der Waals surface area contributed by atoms with Crippen LogP contribution in [-0.4, -0.2) is 38.6 Å². The zero-order chi connectivity index (χ0) is 18.1. The largest absolute Gasteiger partial charge is 0.321 e. The Morgan fingerprint density at radius 1 is 1.27 bits per heavy atom. The van der Waals surface area contributed by atoms with Crippen molar-refractivity contribution in [1.29, 1.82) is 0 Å². The van der Waals surface area contributed by atoms with Crippen LogP contribution in [0.15, 0.2) is 55.2 Å². The second kappa shape index (κ2) is 6.40. The molecule has 0 saturated heterocycles. The van der Waals surface area contributed by atoms with Crippen LogP contribution in [0, 0.1) is 0 Å². The Bertz CT molecular complexity index is 969. The quantitative estimate of drug-likeness (QED) is 0.778. The first kappa shape index (κ1) is 15.9. The molecule has 3 heterocycles. The number of carbonyl (C=O) groups excluding carboxylic acids is 2. The lowest BCUT2D eigenvalue weighted by molar-refractivity contribution is -0.124. The van der Waals surface area contributed by atoms with Crippen molar-refractivity contribution in [3.8, 4) is 5.82 Å². The Morgan fingerprint density at radius 2 is 2.12 bits per heavy atom. The Hall–Kier alpha value is -3.55. The summed E-state index contributed by atoms with van der Waals surface area (Å²) in [6, 6.07) is 9.19. The van der Waals surface area contributed by atoms with E-state index in [4.69, 9.17) is 0 Å². The van der Waals surface area contributed by atoms with Crippen LogP contribution >= 0.6 is 0 Å². The number of amides is 2. The number of carbonyl (C=O) groups is 2. The normalized spacial score (nSPS) is 16.3. The van der Waals surface area contributed by atoms with Crippen molar-refractivity contribution >= 4 is 23.2 Å². The summed E-state index contributed by atoms with van der Waals surface area (Å²) in [5.41, 5.74) is 2.01. The molecule has 1 aliphatic heterocycles. The Balaban J connectivity index is 1.66. The molecule has 0 bridgehead atoms. The summed E-state index contributed by atoms with van der Waals surface area (Å²) in [5.74, 6) is -0.478. The number of aromatic nitrogens is 4. The SMILES string of the molecule is CN1C(=O)CC(C(=O)Nc2cncnc2-n2cccn2)c2ccccc21. The van der Waals surface area contributed by atoms with Crippen molar-refractivity contribution in [2.75, 3.05) is 17.3 Å². The third-order valence-electron chi connectivity index (χ3n) is 4.41. The zero-order valence-electron chi connectivity index (χ0n) is 14.0. The molecule has 1 aromatic carbocycles. The van der Waals surface area contributed by atoms with Gasteiger partial charge in [0.25, 0.3) is 0 Å². The number of anilines is 2. The third-order valence-corrected chi connectivity index (χ3v) is 4.41. The molecule has 0 radical (unpaired) electrons. The predicted octanol–water partition coefficient (Wildman–Crippen LogP) is 1.75. The molecule has 26 heavy (non-hydrogen) atoms. The molecule has 1 N–H and O–H groups in total. The predicted molar refractivity (Wildman–Crippen MR) is 95.0 cm³/mol. The van der Waals surface area contributed by atoms with E-state index in [1.165, 1.54) is 12.5 Å². The molecule has 1 unspecified atom stereocenters. The van der Waals surface area contributed by atoms with Crippen LogP contribution in [0.25, 0.3) is 5.82 Å². The molecule has 0 spiro atoms. The second-order valence-corrected chi connectivity index (χ2v) is 5.97. The highest BCUT2D eigenvalue weighted by Crippen LogP contribution is 2.35. The molecule has 1 aliphatic rings. The van der Waals surface area contributed by atoms with Gasteiger partial charge in [0.1, 0.15) is 12.0 Å². The highest BCUT2D eigenvalue weighted by atomic mass is 16.2. The number of benzene rings is 1. The zero-order valence-corrected chi connectivity index (χ0v) is 14.0. The fraction of sp³-hybridized carbons (Fsp3) is 0.167. The minimum Gasteiger partial charge on any atom is -0.321 e. The maximum absolute atomic E-state index is 12.9. The van der Waals surface area contributed by atoms with Gasteiger partial charge in [-0.2, -0.15) is 5.10 Å². The van der Waals surface area contributed by atoms with E-state index in [0.717, 1.165) is 11.3 Å². The average Bonchev–Trinajstić information content (AvgIpc) is 3.19. The summed E-state index contributed by atoms with van der Waals surface area (Å²) >= 11 is 0. The molecule has 2 amide bonds. The maximum atomic E-state index is 12.9. The van der Waals surface area contributed by atoms with Gasteiger partial charge in [0.15, 0.2) is 5.82 Å². The van der Waals surface area contributed by atoms with E-state index in [2.05, 4.69) is 20.4 Å². The molecular formula is C18H16N6O2. The number of fused-ring (bicyclic) bond motifs is 1. The minimum atomic E-state index is -0.569. The first-order valence-corrected chi connectivity index (χ1v) is 8.11. The van der Waals surface area contributed by atoms with E-state index in [9.17, 15) is 9.59 Å². The smallest absolute Gasteiger partial charge is 0.232 e. The van der Waals surface area contributed by atoms with Gasteiger partial charge in [0.05, 0.1) is 12.1 Å². The van der Waals surface area contributed by atoms with E-state index in [1.54, 1.807) is 35.1 Å². The van der Waals surface area contributed by atoms with Crippen molar-refractivity contribution in [3.05, 3.63) is 60.8 Å². The molecular weight excluding hydrogens is 332 g/mol. The van der Waals surface area contributed by atoms with Gasteiger partial charge in [-0.05, 0) is 17.7 Å². The summed E-state index contributed by atoms with van der Waals surface area (Å²) < 4.78 is 1.55. The molecule has 8 nitrogen and oxygen atoms in total. The molecule has 2 aromatic heterocycles. The van der Waals surface area contributed by atoms with Crippen LogP contribution in [0.5, 0.6) is 0 Å². The molecule has 0 saturated carbocycles. The van der Waals surface area contributed by atoms with Crippen LogP contribution in [0.1, 0.15) is 17.9 Å². The Labute approximate surface area is 149 Å². The molecule has 1 atom stereocenters. The second-order valence-electron chi connectivity index (χ2n) is 5.97. The fourth-order valence-corrected chi connectivity index (χ4v) is 3.09. The van der Waals surface area contributed by atoms with Gasteiger partial charge in [-0.3, -0.25) is 9.59 Å². The lowest BCUT2D eigenvalue weighted by Crippen LogP contribution is -2.37. The van der Waals surface area contributed by atoms with Crippen LogP contribution in [0.2, 0.25) is 0 Å². The molecule has 3 aromatic rings. The molecule has 8 heteroatoms. The Morgan fingerprint density at radius 3 is 2.92 bits per heavy atom.